The van der Waals surface area contributed by atoms with Crippen molar-refractivity contribution in [2.75, 3.05) is 18.1 Å². The van der Waals surface area contributed by atoms with Crippen molar-refractivity contribution in [1.82, 2.24) is 14.5 Å². The lowest BCUT2D eigenvalue weighted by molar-refractivity contribution is -0.131. The first-order valence-corrected chi connectivity index (χ1v) is 13.3. The normalized spacial score (nSPS) is 19.6. The number of carbonyl (C=O) groups excluding carboxylic acids is 1. The number of hydrogen-bond donors (Lipinski definition) is 0. The van der Waals surface area contributed by atoms with E-state index in [4.69, 9.17) is 4.98 Å². The Balaban J connectivity index is 1.89. The van der Waals surface area contributed by atoms with E-state index in [1.807, 2.05) is 27.7 Å². The summed E-state index contributed by atoms with van der Waals surface area (Å²) in [5, 5.41) is 0.716. The van der Waals surface area contributed by atoms with Crippen LogP contribution in [0.4, 0.5) is 0 Å². The Kier molecular flexibility index (Phi) is 6.45. The van der Waals surface area contributed by atoms with Gasteiger partial charge >= 0.3 is 0 Å². The minimum Gasteiger partial charge on any atom is -0.338 e. The first-order valence-electron chi connectivity index (χ1n) is 9.77. The van der Waals surface area contributed by atoms with Gasteiger partial charge < -0.3 is 4.90 Å². The molecule has 0 bridgehead atoms. The van der Waals surface area contributed by atoms with Gasteiger partial charge in [0.05, 0.1) is 22.1 Å². The molecule has 1 aliphatic rings. The lowest BCUT2D eigenvalue weighted by atomic mass is 10.2. The molecule has 0 aromatic carbocycles. The summed E-state index contributed by atoms with van der Waals surface area (Å²) in [6, 6.07) is -0.271. The van der Waals surface area contributed by atoms with E-state index in [0.717, 1.165) is 10.4 Å². The Morgan fingerprint density at radius 1 is 1.38 bits per heavy atom. The largest absolute Gasteiger partial charge is 0.338 e. The quantitative estimate of drug-likeness (QED) is 0.489. The van der Waals surface area contributed by atoms with Crippen LogP contribution < -0.4 is 5.56 Å². The number of thioether (sulfide) groups is 1. The molecule has 10 heteroatoms. The number of hydrogen-bond acceptors (Lipinski definition) is 7. The monoisotopic (exact) mass is 457 g/mol. The number of aromatic nitrogens is 2. The third-order valence-electron chi connectivity index (χ3n) is 5.47. The lowest BCUT2D eigenvalue weighted by Gasteiger charge is -2.29. The molecular weight excluding hydrogens is 430 g/mol. The van der Waals surface area contributed by atoms with Gasteiger partial charge in [-0.15, -0.1) is 11.3 Å². The topological polar surface area (TPSA) is 89.3 Å². The zero-order valence-corrected chi connectivity index (χ0v) is 19.8. The summed E-state index contributed by atoms with van der Waals surface area (Å²) in [5.74, 6) is 0.0463. The highest BCUT2D eigenvalue weighted by molar-refractivity contribution is 8.00. The van der Waals surface area contributed by atoms with Gasteiger partial charge in [-0.25, -0.2) is 13.4 Å². The number of rotatable bonds is 6. The van der Waals surface area contributed by atoms with Crippen molar-refractivity contribution in [3.63, 3.8) is 0 Å². The van der Waals surface area contributed by atoms with Crippen LogP contribution in [-0.4, -0.2) is 58.1 Å². The molecule has 7 nitrogen and oxygen atoms in total. The second kappa shape index (κ2) is 8.39. The molecule has 2 aromatic heterocycles. The van der Waals surface area contributed by atoms with Crippen LogP contribution in [0.5, 0.6) is 0 Å². The number of nitrogens with zero attached hydrogens (tertiary/aromatic N) is 3. The fourth-order valence-corrected chi connectivity index (χ4v) is 7.58. The maximum atomic E-state index is 13.1. The van der Waals surface area contributed by atoms with E-state index >= 15 is 0 Å². The predicted molar refractivity (Wildman–Crippen MR) is 119 cm³/mol. The van der Waals surface area contributed by atoms with Gasteiger partial charge in [-0.1, -0.05) is 11.8 Å². The van der Waals surface area contributed by atoms with Gasteiger partial charge in [0.1, 0.15) is 4.83 Å². The molecular formula is C19H27N3O4S3. The van der Waals surface area contributed by atoms with E-state index in [9.17, 15) is 18.0 Å². The van der Waals surface area contributed by atoms with Crippen molar-refractivity contribution >= 4 is 49.1 Å². The molecule has 0 radical (unpaired) electrons. The number of thiophene rings is 1. The van der Waals surface area contributed by atoms with Crippen molar-refractivity contribution in [2.24, 2.45) is 0 Å². The highest BCUT2D eigenvalue weighted by Crippen LogP contribution is 2.30. The predicted octanol–water partition coefficient (Wildman–Crippen LogP) is 2.61. The van der Waals surface area contributed by atoms with Crippen LogP contribution in [0, 0.1) is 13.8 Å². The summed E-state index contributed by atoms with van der Waals surface area (Å²) < 4.78 is 25.3. The lowest BCUT2D eigenvalue weighted by Crippen LogP contribution is -2.44. The second-order valence-corrected chi connectivity index (χ2v) is 12.1. The van der Waals surface area contributed by atoms with Gasteiger partial charge in [-0.3, -0.25) is 14.2 Å². The molecule has 29 heavy (non-hydrogen) atoms. The second-order valence-electron chi connectivity index (χ2n) is 7.35. The van der Waals surface area contributed by atoms with E-state index in [1.54, 1.807) is 16.4 Å². The van der Waals surface area contributed by atoms with E-state index in [2.05, 4.69) is 0 Å². The maximum absolute atomic E-state index is 13.1. The Labute approximate surface area is 179 Å². The van der Waals surface area contributed by atoms with Crippen LogP contribution in [0.2, 0.25) is 0 Å². The summed E-state index contributed by atoms with van der Waals surface area (Å²) in [4.78, 5) is 34.2. The highest BCUT2D eigenvalue weighted by atomic mass is 32.2. The average Bonchev–Trinajstić information content (AvgIpc) is 3.14. The minimum atomic E-state index is -3.07. The summed E-state index contributed by atoms with van der Waals surface area (Å²) in [6.45, 7) is 10.4. The summed E-state index contributed by atoms with van der Waals surface area (Å²) in [7, 11) is -3.07. The van der Waals surface area contributed by atoms with Gasteiger partial charge in [0.15, 0.2) is 15.0 Å². The van der Waals surface area contributed by atoms with Crippen LogP contribution in [0.25, 0.3) is 10.2 Å². The summed E-state index contributed by atoms with van der Waals surface area (Å²) >= 11 is 2.76. The van der Waals surface area contributed by atoms with E-state index in [0.29, 0.717) is 34.9 Å². The number of amides is 1. The van der Waals surface area contributed by atoms with E-state index in [-0.39, 0.29) is 29.0 Å². The van der Waals surface area contributed by atoms with E-state index in [1.165, 1.54) is 23.1 Å². The van der Waals surface area contributed by atoms with Crippen molar-refractivity contribution in [1.29, 1.82) is 0 Å². The highest BCUT2D eigenvalue weighted by Gasteiger charge is 2.35. The molecule has 0 N–H and O–H groups in total. The van der Waals surface area contributed by atoms with Crippen LogP contribution in [0.3, 0.4) is 0 Å². The third-order valence-corrected chi connectivity index (χ3v) is 9.40. The molecule has 2 aromatic rings. The minimum absolute atomic E-state index is 0.0294. The van der Waals surface area contributed by atoms with Gasteiger partial charge in [0.2, 0.25) is 5.91 Å². The van der Waals surface area contributed by atoms with Crippen LogP contribution in [0.15, 0.2) is 9.95 Å². The molecule has 0 spiro atoms. The van der Waals surface area contributed by atoms with Crippen LogP contribution in [0.1, 0.15) is 37.6 Å². The molecule has 160 valence electrons. The van der Waals surface area contributed by atoms with Gasteiger partial charge in [0.25, 0.3) is 5.56 Å². The van der Waals surface area contributed by atoms with Gasteiger partial charge in [-0.05, 0) is 46.6 Å². The van der Waals surface area contributed by atoms with Crippen LogP contribution in [-0.2, 0) is 21.2 Å². The Morgan fingerprint density at radius 2 is 2.07 bits per heavy atom. The average molecular weight is 458 g/mol. The molecule has 0 saturated carbocycles. The molecule has 3 heterocycles. The smallest absolute Gasteiger partial charge is 0.263 e. The molecule has 0 unspecified atom stereocenters. The molecule has 1 aliphatic heterocycles. The SMILES string of the molecule is CCN(C(=O)[C@H](C)Sc1nc2sc(C)c(C)c2c(=O)n1CC)[C@@H]1CCS(=O)(=O)C1. The number of sulfone groups is 1. The number of fused-ring (bicyclic) bond motifs is 1. The molecule has 1 amide bonds. The molecule has 1 fully saturated rings. The third kappa shape index (κ3) is 4.25. The molecule has 2 atom stereocenters. The van der Waals surface area contributed by atoms with Crippen molar-refractivity contribution in [2.45, 2.75) is 64.0 Å². The molecule has 0 aliphatic carbocycles. The standard InChI is InChI=1S/C19H27N3O4S3/c1-6-21(14-8-9-29(25,26)10-14)17(23)13(5)28-19-20-16-15(11(3)12(4)27-16)18(24)22(19)7-2/h13-14H,6-10H2,1-5H3/t13-,14+/m0/s1. The van der Waals surface area contributed by atoms with Crippen molar-refractivity contribution < 1.29 is 13.2 Å². The van der Waals surface area contributed by atoms with Gasteiger partial charge in [-0.2, -0.15) is 0 Å². The maximum Gasteiger partial charge on any atom is 0.263 e. The molecule has 1 saturated heterocycles. The zero-order valence-electron chi connectivity index (χ0n) is 17.4. The summed E-state index contributed by atoms with van der Waals surface area (Å²) in [5.41, 5.74) is 0.890. The van der Waals surface area contributed by atoms with Gasteiger partial charge in [0, 0.05) is 24.0 Å². The zero-order chi connectivity index (χ0) is 21.5. The Hall–Kier alpha value is -1.39. The van der Waals surface area contributed by atoms with Crippen LogP contribution >= 0.6 is 23.1 Å². The van der Waals surface area contributed by atoms with E-state index < -0.39 is 15.1 Å². The first-order chi connectivity index (χ1) is 13.6. The van der Waals surface area contributed by atoms with Crippen molar-refractivity contribution in [3.05, 3.63) is 20.8 Å². The Bertz CT molecular complexity index is 1100. The first kappa shape index (κ1) is 22.3. The number of carbonyl (C=O) groups is 1. The summed E-state index contributed by atoms with van der Waals surface area (Å²) in [6.07, 6.45) is 0.483. The fourth-order valence-electron chi connectivity index (χ4n) is 3.73. The Morgan fingerprint density at radius 3 is 2.62 bits per heavy atom. The number of aryl methyl sites for hydroxylation is 2. The fraction of sp³-hybridized carbons (Fsp3) is 0.632. The molecule has 3 rings (SSSR count). The van der Waals surface area contributed by atoms with Crippen molar-refractivity contribution in [3.8, 4) is 0 Å².